The third-order valence-corrected chi connectivity index (χ3v) is 5.68. The summed E-state index contributed by atoms with van der Waals surface area (Å²) in [4.78, 5) is 24.4. The molecule has 31 heavy (non-hydrogen) atoms. The van der Waals surface area contributed by atoms with Crippen molar-refractivity contribution in [2.75, 3.05) is 19.7 Å². The summed E-state index contributed by atoms with van der Waals surface area (Å²) in [6, 6.07) is 8.01. The maximum atomic E-state index is 12.2. The van der Waals surface area contributed by atoms with Crippen molar-refractivity contribution in [3.63, 3.8) is 0 Å². The molecule has 0 aliphatic carbocycles. The Morgan fingerprint density at radius 1 is 1.23 bits per heavy atom. The van der Waals surface area contributed by atoms with E-state index in [9.17, 15) is 14.7 Å². The minimum absolute atomic E-state index is 0.0751. The summed E-state index contributed by atoms with van der Waals surface area (Å²) in [5.41, 5.74) is 1.17. The number of unbranched alkanes of at least 4 members (excludes halogenated alkanes) is 4. The van der Waals surface area contributed by atoms with E-state index in [0.717, 1.165) is 50.7 Å². The number of aryl methyl sites for hydroxylation is 1. The summed E-state index contributed by atoms with van der Waals surface area (Å²) in [5, 5.41) is 22.0. The first-order chi connectivity index (χ1) is 15.0. The van der Waals surface area contributed by atoms with Gasteiger partial charge in [0.1, 0.15) is 12.4 Å². The lowest BCUT2D eigenvalue weighted by Crippen LogP contribution is -2.32. The zero-order valence-corrected chi connectivity index (χ0v) is 18.7. The normalized spacial score (nSPS) is 16.9. The van der Waals surface area contributed by atoms with Crippen molar-refractivity contribution in [2.45, 2.75) is 83.3 Å². The minimum atomic E-state index is -0.744. The molecule has 2 atom stereocenters. The summed E-state index contributed by atoms with van der Waals surface area (Å²) in [6.45, 7) is 3.54. The zero-order chi connectivity index (χ0) is 22.5. The van der Waals surface area contributed by atoms with E-state index < -0.39 is 12.1 Å². The first kappa shape index (κ1) is 25.0. The lowest BCUT2D eigenvalue weighted by atomic mass is 10.1. The first-order valence-corrected chi connectivity index (χ1v) is 11.7. The van der Waals surface area contributed by atoms with E-state index in [-0.39, 0.29) is 25.1 Å². The van der Waals surface area contributed by atoms with Gasteiger partial charge in [-0.25, -0.2) is 4.79 Å². The summed E-state index contributed by atoms with van der Waals surface area (Å²) >= 11 is 0. The number of urea groups is 1. The van der Waals surface area contributed by atoms with Crippen LogP contribution >= 0.6 is 0 Å². The molecule has 1 heterocycles. The van der Waals surface area contributed by atoms with Crippen molar-refractivity contribution >= 4 is 12.0 Å². The van der Waals surface area contributed by atoms with Crippen LogP contribution in [0, 0.1) is 0 Å². The molecule has 0 saturated carbocycles. The number of nitrogens with zero attached hydrogens (tertiary/aromatic N) is 1. The number of hydrogen-bond acceptors (Lipinski definition) is 4. The van der Waals surface area contributed by atoms with Crippen molar-refractivity contribution < 1.29 is 24.5 Å². The third-order valence-electron chi connectivity index (χ3n) is 5.68. The number of nitrogens with one attached hydrogen (secondary N) is 1. The van der Waals surface area contributed by atoms with Crippen LogP contribution in [0.3, 0.4) is 0 Å². The van der Waals surface area contributed by atoms with Gasteiger partial charge in [-0.15, -0.1) is 0 Å². The Kier molecular flexibility index (Phi) is 11.2. The van der Waals surface area contributed by atoms with Gasteiger partial charge in [0.25, 0.3) is 0 Å². The number of ether oxygens (including phenoxy) is 1. The van der Waals surface area contributed by atoms with Crippen LogP contribution < -0.4 is 10.1 Å². The summed E-state index contributed by atoms with van der Waals surface area (Å²) < 4.78 is 5.85. The van der Waals surface area contributed by atoms with Gasteiger partial charge in [-0.05, 0) is 43.7 Å². The van der Waals surface area contributed by atoms with E-state index in [2.05, 4.69) is 18.3 Å². The molecule has 174 valence electrons. The molecule has 2 unspecified atom stereocenters. The number of carbonyl (C=O) groups excluding carboxylic acids is 1. The Hall–Kier alpha value is -2.28. The van der Waals surface area contributed by atoms with Crippen LogP contribution in [-0.2, 0) is 11.2 Å². The Labute approximate surface area is 185 Å². The molecule has 0 radical (unpaired) electrons. The predicted molar refractivity (Wildman–Crippen MR) is 120 cm³/mol. The number of aliphatic carboxylic acids is 1. The minimum Gasteiger partial charge on any atom is -0.491 e. The molecular weight excluding hydrogens is 396 g/mol. The van der Waals surface area contributed by atoms with Gasteiger partial charge < -0.3 is 25.2 Å². The maximum absolute atomic E-state index is 12.2. The Bertz CT molecular complexity index is 682. The molecule has 0 aromatic heterocycles. The predicted octanol–water partition coefficient (Wildman–Crippen LogP) is 3.98. The zero-order valence-electron chi connectivity index (χ0n) is 18.7. The second-order valence-corrected chi connectivity index (χ2v) is 8.40. The van der Waals surface area contributed by atoms with Crippen LogP contribution in [0.15, 0.2) is 24.3 Å². The molecule has 7 nitrogen and oxygen atoms in total. The van der Waals surface area contributed by atoms with Gasteiger partial charge >= 0.3 is 12.0 Å². The fourth-order valence-corrected chi connectivity index (χ4v) is 3.83. The van der Waals surface area contributed by atoms with Crippen molar-refractivity contribution in [1.29, 1.82) is 0 Å². The number of rotatable bonds is 16. The van der Waals surface area contributed by atoms with Crippen molar-refractivity contribution in [3.05, 3.63) is 29.8 Å². The molecule has 0 spiro atoms. The quantitative estimate of drug-likeness (QED) is 0.342. The molecule has 2 amide bonds. The SMILES string of the molecule is CCCCc1ccccc1OCC(O)CCN1CC(CCCCCCC(=O)O)NC1=O. The fourth-order valence-electron chi connectivity index (χ4n) is 3.83. The van der Waals surface area contributed by atoms with Crippen molar-refractivity contribution in [2.24, 2.45) is 0 Å². The Morgan fingerprint density at radius 3 is 2.77 bits per heavy atom. The molecule has 1 aliphatic rings. The highest BCUT2D eigenvalue weighted by Crippen LogP contribution is 2.21. The van der Waals surface area contributed by atoms with Crippen molar-refractivity contribution in [3.8, 4) is 5.75 Å². The van der Waals surface area contributed by atoms with Gasteiger partial charge in [-0.1, -0.05) is 50.8 Å². The number of benzene rings is 1. The highest BCUT2D eigenvalue weighted by molar-refractivity contribution is 5.76. The summed E-state index contributed by atoms with van der Waals surface area (Å²) in [6.07, 6.45) is 7.76. The van der Waals surface area contributed by atoms with Crippen LogP contribution in [-0.4, -0.2) is 59.0 Å². The van der Waals surface area contributed by atoms with Crippen LogP contribution in [0.25, 0.3) is 0 Å². The number of carbonyl (C=O) groups is 2. The van der Waals surface area contributed by atoms with Crippen molar-refractivity contribution in [1.82, 2.24) is 10.2 Å². The fraction of sp³-hybridized carbons (Fsp3) is 0.667. The highest BCUT2D eigenvalue weighted by Gasteiger charge is 2.28. The number of hydrogen-bond donors (Lipinski definition) is 3. The smallest absolute Gasteiger partial charge is 0.317 e. The maximum Gasteiger partial charge on any atom is 0.317 e. The third kappa shape index (κ3) is 9.59. The number of aliphatic hydroxyl groups is 1. The molecule has 0 bridgehead atoms. The van der Waals surface area contributed by atoms with Crippen LogP contribution in [0.2, 0.25) is 0 Å². The van der Waals surface area contributed by atoms with Gasteiger partial charge in [-0.3, -0.25) is 4.79 Å². The lowest BCUT2D eigenvalue weighted by Gasteiger charge is -2.18. The standard InChI is InChI=1S/C24H38N2O5/c1-2-3-10-19-11-8-9-13-22(19)31-18-21(27)15-16-26-17-20(25-24(26)30)12-6-4-5-7-14-23(28)29/h8-9,11,13,20-21,27H,2-7,10,12,14-18H2,1H3,(H,25,30)(H,28,29). The van der Waals surface area contributed by atoms with E-state index in [1.807, 2.05) is 18.2 Å². The largest absolute Gasteiger partial charge is 0.491 e. The van der Waals surface area contributed by atoms with Crippen LogP contribution in [0.1, 0.15) is 70.3 Å². The molecule has 1 fully saturated rings. The number of carboxylic acid groups (broad SMARTS) is 1. The van der Waals surface area contributed by atoms with Gasteiger partial charge in [0.2, 0.25) is 0 Å². The van der Waals surface area contributed by atoms with Gasteiger partial charge in [-0.2, -0.15) is 0 Å². The Morgan fingerprint density at radius 2 is 2.00 bits per heavy atom. The monoisotopic (exact) mass is 434 g/mol. The van der Waals surface area contributed by atoms with Crippen LogP contribution in [0.4, 0.5) is 4.79 Å². The average molecular weight is 435 g/mol. The lowest BCUT2D eigenvalue weighted by molar-refractivity contribution is -0.137. The Balaban J connectivity index is 1.63. The van der Waals surface area contributed by atoms with E-state index in [1.54, 1.807) is 4.90 Å². The molecule has 1 aromatic carbocycles. The molecule has 1 aromatic rings. The number of carboxylic acids is 1. The molecule has 2 rings (SSSR count). The number of amides is 2. The molecule has 7 heteroatoms. The van der Waals surface area contributed by atoms with E-state index in [4.69, 9.17) is 9.84 Å². The summed E-state index contributed by atoms with van der Waals surface area (Å²) in [5.74, 6) is 0.0873. The average Bonchev–Trinajstić information content (AvgIpc) is 3.11. The number of aliphatic hydroxyl groups excluding tert-OH is 1. The first-order valence-electron chi connectivity index (χ1n) is 11.7. The van der Waals surface area contributed by atoms with E-state index >= 15 is 0 Å². The van der Waals surface area contributed by atoms with Gasteiger partial charge in [0.05, 0.1) is 6.10 Å². The number of para-hydroxylation sites is 1. The second-order valence-electron chi connectivity index (χ2n) is 8.40. The second kappa shape index (κ2) is 13.9. The summed E-state index contributed by atoms with van der Waals surface area (Å²) in [7, 11) is 0. The van der Waals surface area contributed by atoms with Gasteiger partial charge in [0.15, 0.2) is 0 Å². The topological polar surface area (TPSA) is 99.1 Å². The highest BCUT2D eigenvalue weighted by atomic mass is 16.5. The van der Waals surface area contributed by atoms with Crippen LogP contribution in [0.5, 0.6) is 5.75 Å². The van der Waals surface area contributed by atoms with E-state index in [0.29, 0.717) is 25.9 Å². The van der Waals surface area contributed by atoms with Gasteiger partial charge in [0, 0.05) is 25.6 Å². The molecule has 1 saturated heterocycles. The van der Waals surface area contributed by atoms with E-state index in [1.165, 1.54) is 5.56 Å². The molecular formula is C24H38N2O5. The molecule has 1 aliphatic heterocycles. The molecule has 3 N–H and O–H groups in total.